The molecular weight excluding hydrogens is 641 g/mol. The Kier molecular flexibility index (Phi) is 10.7. The lowest BCUT2D eigenvalue weighted by Gasteiger charge is -2.41. The minimum absolute atomic E-state index is 0.000869. The molecule has 0 radical (unpaired) electrons. The second-order valence-corrected chi connectivity index (χ2v) is 13.8. The Labute approximate surface area is 285 Å². The largest absolute Gasteiger partial charge is 0.342 e. The van der Waals surface area contributed by atoms with Crippen LogP contribution >= 0.6 is 23.2 Å². The highest BCUT2D eigenvalue weighted by molar-refractivity contribution is 6.36. The predicted octanol–water partition coefficient (Wildman–Crippen LogP) is 5.39. The van der Waals surface area contributed by atoms with Crippen molar-refractivity contribution in [1.29, 1.82) is 0 Å². The zero-order valence-electron chi connectivity index (χ0n) is 26.6. The van der Waals surface area contributed by atoms with E-state index in [-0.39, 0.29) is 35.3 Å². The maximum absolute atomic E-state index is 13.9. The molecule has 2 aromatic rings. The van der Waals surface area contributed by atoms with Crippen LogP contribution < -0.4 is 16.0 Å². The number of halogens is 2. The molecule has 0 bridgehead atoms. The molecule has 47 heavy (non-hydrogen) atoms. The smallest absolute Gasteiger partial charge is 0.322 e. The third kappa shape index (κ3) is 8.13. The number of carbonyl (C=O) groups is 4. The molecule has 4 heterocycles. The number of benzene rings is 2. The topological polar surface area (TPSA) is 117 Å². The molecule has 3 fully saturated rings. The number of hydrogen-bond donors (Lipinski definition) is 3. The van der Waals surface area contributed by atoms with Gasteiger partial charge in [-0.15, -0.1) is 0 Å². The van der Waals surface area contributed by atoms with E-state index in [1.165, 1.54) is 25.3 Å². The fourth-order valence-corrected chi connectivity index (χ4v) is 7.77. The van der Waals surface area contributed by atoms with Gasteiger partial charge in [-0.2, -0.15) is 0 Å². The number of hydrogen-bond acceptors (Lipinski definition) is 5. The van der Waals surface area contributed by atoms with Crippen molar-refractivity contribution in [3.8, 4) is 0 Å². The first kappa shape index (κ1) is 33.4. The van der Waals surface area contributed by atoms with Crippen LogP contribution in [0.1, 0.15) is 56.9 Å². The summed E-state index contributed by atoms with van der Waals surface area (Å²) in [7, 11) is 0. The Morgan fingerprint density at radius 3 is 2.26 bits per heavy atom. The van der Waals surface area contributed by atoms with Gasteiger partial charge in [0.15, 0.2) is 0 Å². The van der Waals surface area contributed by atoms with Crippen LogP contribution in [0.4, 0.5) is 21.0 Å². The zero-order valence-corrected chi connectivity index (χ0v) is 28.1. The first-order valence-corrected chi connectivity index (χ1v) is 17.5. The second-order valence-electron chi connectivity index (χ2n) is 13.0. The highest BCUT2D eigenvalue weighted by atomic mass is 35.5. The Balaban J connectivity index is 1.08. The third-order valence-corrected chi connectivity index (χ3v) is 10.5. The number of fused-ring (bicyclic) bond motifs is 1. The summed E-state index contributed by atoms with van der Waals surface area (Å²) in [6.45, 7) is 4.84. The zero-order chi connectivity index (χ0) is 32.9. The van der Waals surface area contributed by atoms with Gasteiger partial charge in [-0.1, -0.05) is 47.8 Å². The molecule has 252 valence electrons. The van der Waals surface area contributed by atoms with Crippen molar-refractivity contribution in [2.45, 2.75) is 76.0 Å². The van der Waals surface area contributed by atoms with E-state index >= 15 is 0 Å². The molecule has 11 nitrogen and oxygen atoms in total. The average molecular weight is 685 g/mol. The van der Waals surface area contributed by atoms with Crippen LogP contribution in [-0.4, -0.2) is 101 Å². The van der Waals surface area contributed by atoms with E-state index < -0.39 is 12.1 Å². The molecule has 6 rings (SSSR count). The van der Waals surface area contributed by atoms with Crippen molar-refractivity contribution >= 4 is 58.5 Å². The fourth-order valence-electron chi connectivity index (χ4n) is 7.31. The van der Waals surface area contributed by atoms with Gasteiger partial charge in [-0.3, -0.25) is 9.59 Å². The summed E-state index contributed by atoms with van der Waals surface area (Å²) >= 11 is 12.3. The van der Waals surface area contributed by atoms with Crippen molar-refractivity contribution in [2.24, 2.45) is 0 Å². The van der Waals surface area contributed by atoms with Crippen LogP contribution in [0.3, 0.4) is 0 Å². The first-order chi connectivity index (χ1) is 22.7. The van der Waals surface area contributed by atoms with E-state index in [0.717, 1.165) is 37.2 Å². The summed E-state index contributed by atoms with van der Waals surface area (Å²) < 4.78 is 0. The summed E-state index contributed by atoms with van der Waals surface area (Å²) in [5.74, 6) is -0.463. The summed E-state index contributed by atoms with van der Waals surface area (Å²) in [6.07, 6.45) is 6.57. The predicted molar refractivity (Wildman–Crippen MR) is 183 cm³/mol. The molecule has 6 amide bonds. The van der Waals surface area contributed by atoms with E-state index in [1.807, 2.05) is 29.2 Å². The van der Waals surface area contributed by atoms with Crippen LogP contribution in [-0.2, 0) is 16.1 Å². The van der Waals surface area contributed by atoms with Gasteiger partial charge in [-0.05, 0) is 81.4 Å². The minimum Gasteiger partial charge on any atom is -0.342 e. The summed E-state index contributed by atoms with van der Waals surface area (Å²) in [5.41, 5.74) is 2.25. The number of nitrogens with zero attached hydrogens (tertiary/aromatic N) is 4. The van der Waals surface area contributed by atoms with E-state index in [1.54, 1.807) is 21.9 Å². The van der Waals surface area contributed by atoms with Gasteiger partial charge in [0, 0.05) is 55.5 Å². The minimum atomic E-state index is -1.04. The molecule has 0 saturated carbocycles. The average Bonchev–Trinajstić information content (AvgIpc) is 3.09. The lowest BCUT2D eigenvalue weighted by atomic mass is 9.98. The van der Waals surface area contributed by atoms with E-state index in [4.69, 9.17) is 23.2 Å². The molecule has 0 aromatic heterocycles. The van der Waals surface area contributed by atoms with E-state index in [0.29, 0.717) is 62.3 Å². The molecule has 13 heteroatoms. The van der Waals surface area contributed by atoms with Gasteiger partial charge < -0.3 is 35.6 Å². The lowest BCUT2D eigenvalue weighted by molar-refractivity contribution is -0.140. The number of carbonyl (C=O) groups excluding carboxylic acids is 4. The Morgan fingerprint density at radius 2 is 1.53 bits per heavy atom. The number of amides is 6. The molecule has 3 N–H and O–H groups in total. The molecule has 1 atom stereocenters. The maximum Gasteiger partial charge on any atom is 0.322 e. The highest BCUT2D eigenvalue weighted by Gasteiger charge is 2.36. The molecule has 0 spiro atoms. The molecule has 0 unspecified atom stereocenters. The number of para-hydroxylation sites is 1. The van der Waals surface area contributed by atoms with E-state index in [9.17, 15) is 19.2 Å². The summed E-state index contributed by atoms with van der Waals surface area (Å²) in [6, 6.07) is 11.2. The lowest BCUT2D eigenvalue weighted by Crippen LogP contribution is -2.56. The molecule has 3 saturated heterocycles. The summed E-state index contributed by atoms with van der Waals surface area (Å²) in [5, 5.41) is 9.14. The standard InChI is InChI=1S/C34H43Cl2N7O4/c35-24-8-9-29(27(36)20-24)37-33(46)38-30(32(45)42-18-10-25(11-19-42)40-14-4-1-5-15-40)21-31(44)41-16-12-26(13-17-41)43-22-23-6-2-3-7-28(23)39-34(43)47/h2-3,6-9,20,25-26,30H,1,4-5,10-19,21-22H2,(H,39,47)(H2,37,38,46)/t30-/m0/s1. The van der Waals surface area contributed by atoms with Crippen molar-refractivity contribution in [1.82, 2.24) is 24.9 Å². The SMILES string of the molecule is O=C(Nc1ccc(Cl)cc1Cl)N[C@@H](CC(=O)N1CCC(N2Cc3ccccc3NC2=O)CC1)C(=O)N1CCC(N2CCCCC2)CC1. The Bertz CT molecular complexity index is 1470. The summed E-state index contributed by atoms with van der Waals surface area (Å²) in [4.78, 5) is 61.5. The van der Waals surface area contributed by atoms with Crippen LogP contribution in [0.2, 0.25) is 10.0 Å². The maximum atomic E-state index is 13.9. The van der Waals surface area contributed by atoms with Gasteiger partial charge in [0.2, 0.25) is 11.8 Å². The monoisotopic (exact) mass is 683 g/mol. The van der Waals surface area contributed by atoms with Crippen molar-refractivity contribution in [3.63, 3.8) is 0 Å². The third-order valence-electron chi connectivity index (χ3n) is 9.96. The second kappa shape index (κ2) is 15.1. The number of piperidine rings is 3. The number of nitrogens with one attached hydrogen (secondary N) is 3. The number of anilines is 2. The molecule has 0 aliphatic carbocycles. The fraction of sp³-hybridized carbons (Fsp3) is 0.529. The molecule has 4 aliphatic rings. The number of likely N-dealkylation sites (tertiary alicyclic amines) is 3. The Morgan fingerprint density at radius 1 is 0.851 bits per heavy atom. The molecular formula is C34H43Cl2N7O4. The van der Waals surface area contributed by atoms with Gasteiger partial charge in [0.25, 0.3) is 0 Å². The number of rotatable bonds is 7. The van der Waals surface area contributed by atoms with E-state index in [2.05, 4.69) is 20.9 Å². The van der Waals surface area contributed by atoms with Crippen LogP contribution in [0, 0.1) is 0 Å². The molecule has 2 aromatic carbocycles. The van der Waals surface area contributed by atoms with Crippen molar-refractivity contribution in [2.75, 3.05) is 49.9 Å². The van der Waals surface area contributed by atoms with Crippen molar-refractivity contribution in [3.05, 3.63) is 58.1 Å². The van der Waals surface area contributed by atoms with Crippen LogP contribution in [0.5, 0.6) is 0 Å². The van der Waals surface area contributed by atoms with Gasteiger partial charge in [0.05, 0.1) is 17.1 Å². The Hall–Kier alpha value is -3.54. The van der Waals surface area contributed by atoms with Gasteiger partial charge in [0.1, 0.15) is 6.04 Å². The highest BCUT2D eigenvalue weighted by Crippen LogP contribution is 2.29. The number of urea groups is 2. The molecule has 4 aliphatic heterocycles. The van der Waals surface area contributed by atoms with Crippen LogP contribution in [0.15, 0.2) is 42.5 Å². The van der Waals surface area contributed by atoms with Gasteiger partial charge >= 0.3 is 12.1 Å². The normalized spacial score (nSPS) is 20.3. The van der Waals surface area contributed by atoms with Crippen LogP contribution in [0.25, 0.3) is 0 Å². The van der Waals surface area contributed by atoms with Gasteiger partial charge in [-0.25, -0.2) is 9.59 Å². The van der Waals surface area contributed by atoms with Crippen molar-refractivity contribution < 1.29 is 19.2 Å². The first-order valence-electron chi connectivity index (χ1n) is 16.7. The quantitative estimate of drug-likeness (QED) is 0.362.